The number of hydrogen-bond acceptors (Lipinski definition) is 4. The Balaban J connectivity index is 1.84. The van der Waals surface area contributed by atoms with Gasteiger partial charge in [0.15, 0.2) is 9.84 Å². The Morgan fingerprint density at radius 2 is 2.07 bits per heavy atom. The second kappa shape index (κ2) is 2.75. The largest absolute Gasteiger partial charge is 0.396 e. The van der Waals surface area contributed by atoms with Gasteiger partial charge in [-0.25, -0.2) is 8.42 Å². The first-order chi connectivity index (χ1) is 7.05. The van der Waals surface area contributed by atoms with E-state index in [1.165, 1.54) is 0 Å². The Morgan fingerprint density at radius 1 is 1.40 bits per heavy atom. The molecule has 1 saturated heterocycles. The molecule has 3 rings (SSSR count). The van der Waals surface area contributed by atoms with Crippen LogP contribution >= 0.6 is 0 Å². The molecule has 1 aliphatic carbocycles. The fourth-order valence-electron chi connectivity index (χ4n) is 1.97. The van der Waals surface area contributed by atoms with Crippen LogP contribution in [0.2, 0.25) is 0 Å². The van der Waals surface area contributed by atoms with Crippen molar-refractivity contribution in [3.8, 4) is 0 Å². The van der Waals surface area contributed by atoms with Crippen molar-refractivity contribution in [1.29, 1.82) is 0 Å². The van der Waals surface area contributed by atoms with Gasteiger partial charge in [-0.1, -0.05) is 0 Å². The molecule has 6 heteroatoms. The second-order valence-corrected chi connectivity index (χ2v) is 6.61. The summed E-state index contributed by atoms with van der Waals surface area (Å²) in [5, 5.41) is 4.39. The van der Waals surface area contributed by atoms with Crippen LogP contribution in [0, 0.1) is 0 Å². The molecule has 1 aliphatic heterocycles. The molecule has 1 saturated carbocycles. The molecule has 1 aromatic heterocycles. The minimum atomic E-state index is -2.79. The fraction of sp³-hybridized carbons (Fsp3) is 0.667. The number of nitrogen functional groups attached to an aromatic ring is 1. The lowest BCUT2D eigenvalue weighted by molar-refractivity contribution is 0.470. The zero-order chi connectivity index (χ0) is 10.6. The van der Waals surface area contributed by atoms with Crippen LogP contribution in [0.25, 0.3) is 0 Å². The minimum absolute atomic E-state index is 0.00444. The normalized spacial score (nSPS) is 25.1. The standard InChI is InChI=1S/C9H13N3O2S/c10-8-3-12(7-4-15(13,14)5-7)11-9(8)6-1-2-6/h3,6-7H,1-2,4-5,10H2. The van der Waals surface area contributed by atoms with E-state index >= 15 is 0 Å². The van der Waals surface area contributed by atoms with Gasteiger partial charge in [0.05, 0.1) is 28.9 Å². The number of anilines is 1. The summed E-state index contributed by atoms with van der Waals surface area (Å²) in [5.41, 5.74) is 7.50. The van der Waals surface area contributed by atoms with Crippen molar-refractivity contribution < 1.29 is 8.42 Å². The van der Waals surface area contributed by atoms with Gasteiger partial charge in [-0.05, 0) is 12.8 Å². The van der Waals surface area contributed by atoms with E-state index in [1.807, 2.05) is 0 Å². The first kappa shape index (κ1) is 9.21. The van der Waals surface area contributed by atoms with Crippen molar-refractivity contribution in [3.63, 3.8) is 0 Å². The quantitative estimate of drug-likeness (QED) is 0.788. The number of aromatic nitrogens is 2. The maximum absolute atomic E-state index is 11.0. The van der Waals surface area contributed by atoms with Gasteiger partial charge in [0, 0.05) is 12.1 Å². The topological polar surface area (TPSA) is 78.0 Å². The molecule has 82 valence electrons. The molecule has 5 nitrogen and oxygen atoms in total. The van der Waals surface area contributed by atoms with Crippen LogP contribution in [0.3, 0.4) is 0 Å². The molecule has 1 aromatic rings. The minimum Gasteiger partial charge on any atom is -0.396 e. The van der Waals surface area contributed by atoms with Gasteiger partial charge in [-0.15, -0.1) is 0 Å². The van der Waals surface area contributed by atoms with Gasteiger partial charge in [-0.3, -0.25) is 4.68 Å². The second-order valence-electron chi connectivity index (χ2n) is 4.45. The molecule has 2 fully saturated rings. The molecule has 0 aromatic carbocycles. The van der Waals surface area contributed by atoms with Gasteiger partial charge in [0.25, 0.3) is 0 Å². The summed E-state index contributed by atoms with van der Waals surface area (Å²) in [6, 6.07) is 0.00444. The zero-order valence-electron chi connectivity index (χ0n) is 8.26. The zero-order valence-corrected chi connectivity index (χ0v) is 9.07. The van der Waals surface area contributed by atoms with Gasteiger partial charge >= 0.3 is 0 Å². The van der Waals surface area contributed by atoms with Crippen molar-refractivity contribution in [2.24, 2.45) is 0 Å². The SMILES string of the molecule is Nc1cn(C2CS(=O)(=O)C2)nc1C1CC1. The molecule has 2 aliphatic rings. The highest BCUT2D eigenvalue weighted by Gasteiger charge is 2.37. The Morgan fingerprint density at radius 3 is 2.60 bits per heavy atom. The monoisotopic (exact) mass is 227 g/mol. The Hall–Kier alpha value is -1.04. The summed E-state index contributed by atoms with van der Waals surface area (Å²) in [6.45, 7) is 0. The first-order valence-corrected chi connectivity index (χ1v) is 6.92. The van der Waals surface area contributed by atoms with E-state index < -0.39 is 9.84 Å². The van der Waals surface area contributed by atoms with Gasteiger partial charge in [0.1, 0.15) is 0 Å². The highest BCUT2D eigenvalue weighted by Crippen LogP contribution is 2.42. The van der Waals surface area contributed by atoms with Crippen LogP contribution in [0.15, 0.2) is 6.20 Å². The van der Waals surface area contributed by atoms with Gasteiger partial charge in [-0.2, -0.15) is 5.10 Å². The lowest BCUT2D eigenvalue weighted by Crippen LogP contribution is -2.38. The summed E-state index contributed by atoms with van der Waals surface area (Å²) in [4.78, 5) is 0. The predicted molar refractivity (Wildman–Crippen MR) is 56.3 cm³/mol. The van der Waals surface area contributed by atoms with Crippen molar-refractivity contribution in [2.45, 2.75) is 24.8 Å². The van der Waals surface area contributed by atoms with E-state index in [0.29, 0.717) is 11.6 Å². The summed E-state index contributed by atoms with van der Waals surface area (Å²) >= 11 is 0. The van der Waals surface area contributed by atoms with Crippen LogP contribution in [0.5, 0.6) is 0 Å². The van der Waals surface area contributed by atoms with E-state index in [-0.39, 0.29) is 17.5 Å². The molecule has 2 N–H and O–H groups in total. The van der Waals surface area contributed by atoms with E-state index in [9.17, 15) is 8.42 Å². The lowest BCUT2D eigenvalue weighted by atomic mass is 10.3. The molecule has 0 spiro atoms. The van der Waals surface area contributed by atoms with Crippen molar-refractivity contribution >= 4 is 15.5 Å². The van der Waals surface area contributed by atoms with Crippen LogP contribution < -0.4 is 5.73 Å². The average Bonchev–Trinajstić information content (AvgIpc) is 2.86. The van der Waals surface area contributed by atoms with Crippen LogP contribution in [0.4, 0.5) is 5.69 Å². The Bertz CT molecular complexity index is 489. The molecule has 0 unspecified atom stereocenters. The molecule has 2 heterocycles. The lowest BCUT2D eigenvalue weighted by Gasteiger charge is -2.25. The third kappa shape index (κ3) is 1.52. The number of rotatable bonds is 2. The summed E-state index contributed by atoms with van der Waals surface area (Å²) in [7, 11) is -2.79. The molecular weight excluding hydrogens is 214 g/mol. The summed E-state index contributed by atoms with van der Waals surface area (Å²) in [5.74, 6) is 0.930. The molecule has 0 radical (unpaired) electrons. The van der Waals surface area contributed by atoms with Crippen LogP contribution in [0.1, 0.15) is 30.5 Å². The predicted octanol–water partition coefficient (Wildman–Crippen LogP) is 0.312. The summed E-state index contributed by atoms with van der Waals surface area (Å²) < 4.78 is 23.8. The van der Waals surface area contributed by atoms with E-state index in [0.717, 1.165) is 18.5 Å². The molecular formula is C9H13N3O2S. The molecule has 0 amide bonds. The Kier molecular flexibility index (Phi) is 1.69. The van der Waals surface area contributed by atoms with E-state index in [2.05, 4.69) is 5.10 Å². The number of nitrogens with zero attached hydrogens (tertiary/aromatic N) is 2. The molecule has 0 bridgehead atoms. The van der Waals surface area contributed by atoms with Gasteiger partial charge in [0.2, 0.25) is 0 Å². The van der Waals surface area contributed by atoms with Gasteiger partial charge < -0.3 is 5.73 Å². The maximum Gasteiger partial charge on any atom is 0.154 e. The van der Waals surface area contributed by atoms with Crippen molar-refractivity contribution in [1.82, 2.24) is 9.78 Å². The highest BCUT2D eigenvalue weighted by atomic mass is 32.2. The van der Waals surface area contributed by atoms with Crippen molar-refractivity contribution in [3.05, 3.63) is 11.9 Å². The fourth-order valence-corrected chi connectivity index (χ4v) is 3.35. The number of sulfone groups is 1. The maximum atomic E-state index is 11.0. The third-order valence-corrected chi connectivity index (χ3v) is 4.81. The average molecular weight is 227 g/mol. The van der Waals surface area contributed by atoms with Crippen LogP contribution in [-0.2, 0) is 9.84 Å². The van der Waals surface area contributed by atoms with Crippen molar-refractivity contribution in [2.75, 3.05) is 17.2 Å². The van der Waals surface area contributed by atoms with Crippen LogP contribution in [-0.4, -0.2) is 29.7 Å². The van der Waals surface area contributed by atoms with E-state index in [1.54, 1.807) is 10.9 Å². The van der Waals surface area contributed by atoms with E-state index in [4.69, 9.17) is 5.73 Å². The smallest absolute Gasteiger partial charge is 0.154 e. The number of nitrogens with two attached hydrogens (primary N) is 1. The molecule has 0 atom stereocenters. The Labute approximate surface area is 88.2 Å². The number of hydrogen-bond donors (Lipinski definition) is 1. The highest BCUT2D eigenvalue weighted by molar-refractivity contribution is 7.92. The summed E-state index contributed by atoms with van der Waals surface area (Å²) in [6.07, 6.45) is 4.08. The third-order valence-electron chi connectivity index (χ3n) is 3.02. The molecule has 15 heavy (non-hydrogen) atoms. The first-order valence-electron chi connectivity index (χ1n) is 5.10.